The molecular weight excluding hydrogens is 152 g/mol. The van der Waals surface area contributed by atoms with Gasteiger partial charge in [0.2, 0.25) is 0 Å². The topological polar surface area (TPSA) is 37.3 Å². The standard InChI is InChI=1S/C2H7O2P.Zn/c1-5(2,3)4;/h1-2H3,(H,3,4);. The molecule has 0 aliphatic rings. The van der Waals surface area contributed by atoms with E-state index in [4.69, 9.17) is 4.89 Å². The summed E-state index contributed by atoms with van der Waals surface area (Å²) < 4.78 is 9.77. The molecular formula is C2H7O2PZn. The average Bonchev–Trinajstić information content (AvgIpc) is 0.722. The second-order valence-corrected chi connectivity index (χ2v) is 3.88. The Hall–Kier alpha value is 0.813. The van der Waals surface area contributed by atoms with Crippen LogP contribution in [0.1, 0.15) is 0 Å². The van der Waals surface area contributed by atoms with Crippen molar-refractivity contribution in [3.63, 3.8) is 0 Å². The normalized spacial score (nSPS) is 9.83. The first kappa shape index (κ1) is 9.94. The molecule has 1 N–H and O–H groups in total. The molecule has 0 aromatic rings. The van der Waals surface area contributed by atoms with Crippen LogP contribution >= 0.6 is 7.37 Å². The van der Waals surface area contributed by atoms with Crippen molar-refractivity contribution >= 4 is 7.37 Å². The molecule has 0 saturated heterocycles. The van der Waals surface area contributed by atoms with Gasteiger partial charge in [0, 0.05) is 32.8 Å². The summed E-state index contributed by atoms with van der Waals surface area (Å²) in [4.78, 5) is 8.08. The smallest absolute Gasteiger partial charge is 0.194 e. The Kier molecular flexibility index (Phi) is 4.81. The van der Waals surface area contributed by atoms with E-state index in [1.165, 1.54) is 13.3 Å². The summed E-state index contributed by atoms with van der Waals surface area (Å²) in [6.45, 7) is 2.60. The first-order valence-corrected chi connectivity index (χ1v) is 3.83. The van der Waals surface area contributed by atoms with Crippen molar-refractivity contribution in [2.24, 2.45) is 0 Å². The molecule has 0 atom stereocenters. The molecule has 0 saturated carbocycles. The maximum atomic E-state index is 9.77. The minimum Gasteiger partial charge on any atom is -0.345 e. The molecule has 0 aliphatic carbocycles. The van der Waals surface area contributed by atoms with Crippen molar-refractivity contribution in [1.29, 1.82) is 0 Å². The van der Waals surface area contributed by atoms with Crippen LogP contribution in [0.25, 0.3) is 0 Å². The molecule has 34 valence electrons. The molecule has 0 unspecified atom stereocenters. The van der Waals surface area contributed by atoms with Gasteiger partial charge < -0.3 is 4.89 Å². The third kappa shape index (κ3) is 106. The third-order valence-electron chi connectivity index (χ3n) is 0. The summed E-state index contributed by atoms with van der Waals surface area (Å²) in [7, 11) is -2.64. The second-order valence-electron chi connectivity index (χ2n) is 1.29. The maximum absolute atomic E-state index is 9.77. The van der Waals surface area contributed by atoms with Crippen LogP contribution in [-0.2, 0) is 24.0 Å². The van der Waals surface area contributed by atoms with E-state index in [2.05, 4.69) is 0 Å². The van der Waals surface area contributed by atoms with Gasteiger partial charge in [-0.25, -0.2) is 0 Å². The fraction of sp³-hybridized carbons (Fsp3) is 1.00. The Labute approximate surface area is 50.2 Å². The molecule has 0 aromatic carbocycles. The molecule has 0 heterocycles. The average molecular weight is 159 g/mol. The largest absolute Gasteiger partial charge is 0.345 e. The van der Waals surface area contributed by atoms with E-state index in [9.17, 15) is 4.57 Å². The second kappa shape index (κ2) is 2.90. The number of hydrogen-bond acceptors (Lipinski definition) is 1. The SMILES string of the molecule is CP(C)(=O)O.[Zn]. The zero-order chi connectivity index (χ0) is 4.50. The molecule has 0 bridgehead atoms. The molecule has 0 spiro atoms. The molecule has 6 heavy (non-hydrogen) atoms. The Morgan fingerprint density at radius 1 is 1.50 bits per heavy atom. The van der Waals surface area contributed by atoms with Gasteiger partial charge in [0.15, 0.2) is 7.37 Å². The third-order valence-corrected chi connectivity index (χ3v) is 0. The van der Waals surface area contributed by atoms with Crippen molar-refractivity contribution in [3.8, 4) is 0 Å². The maximum Gasteiger partial charge on any atom is 0.194 e. The van der Waals surface area contributed by atoms with Crippen molar-refractivity contribution < 1.29 is 28.9 Å². The van der Waals surface area contributed by atoms with Gasteiger partial charge in [0.25, 0.3) is 0 Å². The van der Waals surface area contributed by atoms with Crippen LogP contribution in [0.15, 0.2) is 0 Å². The van der Waals surface area contributed by atoms with Crippen LogP contribution in [0.5, 0.6) is 0 Å². The Morgan fingerprint density at radius 2 is 1.50 bits per heavy atom. The van der Waals surface area contributed by atoms with Gasteiger partial charge >= 0.3 is 0 Å². The van der Waals surface area contributed by atoms with Gasteiger partial charge in [-0.2, -0.15) is 0 Å². The van der Waals surface area contributed by atoms with E-state index in [0.29, 0.717) is 0 Å². The van der Waals surface area contributed by atoms with Crippen molar-refractivity contribution in [1.82, 2.24) is 0 Å². The predicted molar refractivity (Wildman–Crippen MR) is 21.7 cm³/mol. The zero-order valence-electron chi connectivity index (χ0n) is 4.01. The van der Waals surface area contributed by atoms with Gasteiger partial charge in [-0.3, -0.25) is 4.57 Å². The molecule has 0 aromatic heterocycles. The van der Waals surface area contributed by atoms with Gasteiger partial charge in [0.05, 0.1) is 0 Å². The Morgan fingerprint density at radius 3 is 1.50 bits per heavy atom. The molecule has 0 radical (unpaired) electrons. The Bertz CT molecular complexity index is 57.7. The van der Waals surface area contributed by atoms with Crippen LogP contribution in [0.2, 0.25) is 0 Å². The zero-order valence-corrected chi connectivity index (χ0v) is 7.87. The Balaban J connectivity index is 0. The van der Waals surface area contributed by atoms with Crippen LogP contribution < -0.4 is 0 Å². The van der Waals surface area contributed by atoms with E-state index < -0.39 is 7.37 Å². The van der Waals surface area contributed by atoms with Crippen molar-refractivity contribution in [3.05, 3.63) is 0 Å². The molecule has 0 amide bonds. The van der Waals surface area contributed by atoms with Crippen molar-refractivity contribution in [2.45, 2.75) is 0 Å². The number of rotatable bonds is 0. The molecule has 4 heteroatoms. The molecule has 0 rings (SSSR count). The summed E-state index contributed by atoms with van der Waals surface area (Å²) in [5, 5.41) is 0. The minimum atomic E-state index is -2.64. The fourth-order valence-electron chi connectivity index (χ4n) is 0. The first-order valence-electron chi connectivity index (χ1n) is 1.28. The van der Waals surface area contributed by atoms with Gasteiger partial charge in [0.1, 0.15) is 0 Å². The summed E-state index contributed by atoms with van der Waals surface area (Å²) in [6, 6.07) is 0. The van der Waals surface area contributed by atoms with Crippen LogP contribution in [-0.4, -0.2) is 18.2 Å². The monoisotopic (exact) mass is 158 g/mol. The molecule has 0 aliphatic heterocycles. The van der Waals surface area contributed by atoms with Gasteiger partial charge in [-0.05, 0) is 0 Å². The summed E-state index contributed by atoms with van der Waals surface area (Å²) >= 11 is 0. The first-order chi connectivity index (χ1) is 2.00. The van der Waals surface area contributed by atoms with Gasteiger partial charge in [-0.1, -0.05) is 0 Å². The minimum absolute atomic E-state index is 0. The van der Waals surface area contributed by atoms with Crippen molar-refractivity contribution in [2.75, 3.05) is 13.3 Å². The van der Waals surface area contributed by atoms with E-state index in [0.717, 1.165) is 0 Å². The van der Waals surface area contributed by atoms with E-state index in [1.54, 1.807) is 0 Å². The van der Waals surface area contributed by atoms with E-state index in [-0.39, 0.29) is 19.5 Å². The predicted octanol–water partition coefficient (Wildman–Crippen LogP) is 0.514. The molecule has 2 nitrogen and oxygen atoms in total. The summed E-state index contributed by atoms with van der Waals surface area (Å²) in [5.41, 5.74) is 0. The number of hydrogen-bond donors (Lipinski definition) is 1. The van der Waals surface area contributed by atoms with E-state index >= 15 is 0 Å². The van der Waals surface area contributed by atoms with Crippen LogP contribution in [0, 0.1) is 0 Å². The van der Waals surface area contributed by atoms with Gasteiger partial charge in [-0.15, -0.1) is 0 Å². The van der Waals surface area contributed by atoms with Crippen LogP contribution in [0.4, 0.5) is 0 Å². The van der Waals surface area contributed by atoms with Crippen LogP contribution in [0.3, 0.4) is 0 Å². The quantitative estimate of drug-likeness (QED) is 0.413. The summed E-state index contributed by atoms with van der Waals surface area (Å²) in [6.07, 6.45) is 0. The summed E-state index contributed by atoms with van der Waals surface area (Å²) in [5.74, 6) is 0. The fourth-order valence-corrected chi connectivity index (χ4v) is 0. The molecule has 0 fully saturated rings. The van der Waals surface area contributed by atoms with E-state index in [1.807, 2.05) is 0 Å².